The Kier molecular flexibility index (Phi) is 5.86. The fraction of sp³-hybridized carbons (Fsp3) is 0.200. The zero-order chi connectivity index (χ0) is 12.1. The van der Waals surface area contributed by atoms with Crippen LogP contribution in [0, 0.1) is 0 Å². The number of nitrogens with two attached hydrogens (primary N) is 1. The van der Waals surface area contributed by atoms with E-state index in [2.05, 4.69) is 24.3 Å². The topological polar surface area (TPSA) is 46.2 Å². The average molecular weight is 264 g/mol. The minimum atomic E-state index is -0.0789. The lowest BCUT2D eigenvalue weighted by Crippen LogP contribution is -2.11. The predicted octanol–water partition coefficient (Wildman–Crippen LogP) is 3.16. The molecule has 0 amide bonds. The van der Waals surface area contributed by atoms with Crippen molar-refractivity contribution >= 4 is 12.4 Å². The molecule has 3 N–H and O–H groups in total. The molecular weight excluding hydrogens is 246 g/mol. The molecule has 0 aliphatic heterocycles. The monoisotopic (exact) mass is 263 g/mol. The van der Waals surface area contributed by atoms with Crippen LogP contribution in [0.1, 0.15) is 18.0 Å². The van der Waals surface area contributed by atoms with Crippen LogP contribution in [0.15, 0.2) is 54.6 Å². The van der Waals surface area contributed by atoms with Crippen LogP contribution in [0.4, 0.5) is 0 Å². The van der Waals surface area contributed by atoms with Crippen LogP contribution in [0.2, 0.25) is 0 Å². The predicted molar refractivity (Wildman–Crippen MR) is 77.8 cm³/mol. The van der Waals surface area contributed by atoms with Crippen molar-refractivity contribution in [1.29, 1.82) is 0 Å². The molecule has 1 atom stereocenters. The zero-order valence-electron chi connectivity index (χ0n) is 10.1. The minimum absolute atomic E-state index is 0. The summed E-state index contributed by atoms with van der Waals surface area (Å²) in [7, 11) is 0. The third-order valence-electron chi connectivity index (χ3n) is 2.89. The van der Waals surface area contributed by atoms with Crippen molar-refractivity contribution in [3.05, 3.63) is 60.2 Å². The van der Waals surface area contributed by atoms with Gasteiger partial charge in [-0.1, -0.05) is 54.6 Å². The lowest BCUT2D eigenvalue weighted by molar-refractivity contribution is 0.276. The molecule has 0 aromatic heterocycles. The summed E-state index contributed by atoms with van der Waals surface area (Å²) in [5, 5.41) is 8.85. The number of rotatable bonds is 4. The van der Waals surface area contributed by atoms with E-state index in [4.69, 9.17) is 10.8 Å². The Balaban J connectivity index is 0.00000162. The van der Waals surface area contributed by atoms with E-state index in [1.54, 1.807) is 0 Å². The summed E-state index contributed by atoms with van der Waals surface area (Å²) in [5.41, 5.74) is 9.39. The Morgan fingerprint density at radius 2 is 1.44 bits per heavy atom. The fourth-order valence-electron chi connectivity index (χ4n) is 1.86. The fourth-order valence-corrected chi connectivity index (χ4v) is 1.86. The van der Waals surface area contributed by atoms with Crippen molar-refractivity contribution in [2.75, 3.05) is 6.61 Å². The van der Waals surface area contributed by atoms with Gasteiger partial charge in [-0.3, -0.25) is 0 Å². The second-order valence-electron chi connectivity index (χ2n) is 4.11. The summed E-state index contributed by atoms with van der Waals surface area (Å²) in [6.07, 6.45) is 0.602. The molecule has 3 heteroatoms. The minimum Gasteiger partial charge on any atom is -0.396 e. The molecule has 0 aliphatic carbocycles. The van der Waals surface area contributed by atoms with Gasteiger partial charge in [-0.05, 0) is 23.1 Å². The van der Waals surface area contributed by atoms with Gasteiger partial charge in [0.05, 0.1) is 0 Å². The summed E-state index contributed by atoms with van der Waals surface area (Å²) < 4.78 is 0. The van der Waals surface area contributed by atoms with Crippen LogP contribution in [0.5, 0.6) is 0 Å². The molecule has 0 aliphatic rings. The van der Waals surface area contributed by atoms with Crippen molar-refractivity contribution in [3.8, 4) is 11.1 Å². The van der Waals surface area contributed by atoms with Crippen molar-refractivity contribution in [2.45, 2.75) is 12.5 Å². The van der Waals surface area contributed by atoms with Crippen molar-refractivity contribution < 1.29 is 5.11 Å². The van der Waals surface area contributed by atoms with Crippen LogP contribution in [-0.2, 0) is 0 Å². The molecule has 0 spiro atoms. The van der Waals surface area contributed by atoms with Gasteiger partial charge in [0, 0.05) is 12.6 Å². The van der Waals surface area contributed by atoms with Crippen molar-refractivity contribution in [2.24, 2.45) is 5.73 Å². The lowest BCUT2D eigenvalue weighted by Gasteiger charge is -2.11. The standard InChI is InChI=1S/C15H17NO.ClH/c16-15(10-11-17)14-8-6-13(7-9-14)12-4-2-1-3-5-12;/h1-9,15,17H,10-11,16H2;1H. The van der Waals surface area contributed by atoms with Crippen LogP contribution in [0.3, 0.4) is 0 Å². The Hall–Kier alpha value is -1.35. The molecule has 0 saturated heterocycles. The van der Waals surface area contributed by atoms with E-state index < -0.39 is 0 Å². The van der Waals surface area contributed by atoms with E-state index in [-0.39, 0.29) is 25.1 Å². The SMILES string of the molecule is Cl.NC(CCO)c1ccc(-c2ccccc2)cc1. The van der Waals surface area contributed by atoms with Gasteiger partial charge in [0.1, 0.15) is 0 Å². The molecular formula is C15H18ClNO. The Morgan fingerprint density at radius 3 is 2.00 bits per heavy atom. The van der Waals surface area contributed by atoms with E-state index >= 15 is 0 Å². The first-order valence-electron chi connectivity index (χ1n) is 5.83. The first-order chi connectivity index (χ1) is 8.31. The smallest absolute Gasteiger partial charge is 0.0449 e. The average Bonchev–Trinajstić information content (AvgIpc) is 2.40. The maximum Gasteiger partial charge on any atom is 0.0449 e. The van der Waals surface area contributed by atoms with Gasteiger partial charge in [0.15, 0.2) is 0 Å². The maximum atomic E-state index is 8.85. The van der Waals surface area contributed by atoms with Gasteiger partial charge in [0.2, 0.25) is 0 Å². The van der Waals surface area contributed by atoms with Gasteiger partial charge < -0.3 is 10.8 Å². The summed E-state index contributed by atoms with van der Waals surface area (Å²) in [6.45, 7) is 0.127. The lowest BCUT2D eigenvalue weighted by atomic mass is 10.00. The third-order valence-corrected chi connectivity index (χ3v) is 2.89. The highest BCUT2D eigenvalue weighted by Crippen LogP contribution is 2.21. The van der Waals surface area contributed by atoms with Gasteiger partial charge in [-0.15, -0.1) is 12.4 Å². The number of hydrogen-bond acceptors (Lipinski definition) is 2. The van der Waals surface area contributed by atoms with Gasteiger partial charge in [-0.2, -0.15) is 0 Å². The van der Waals surface area contributed by atoms with Gasteiger partial charge in [-0.25, -0.2) is 0 Å². The number of aliphatic hydroxyl groups excluding tert-OH is 1. The van der Waals surface area contributed by atoms with E-state index in [0.29, 0.717) is 6.42 Å². The van der Waals surface area contributed by atoms with E-state index in [1.165, 1.54) is 11.1 Å². The largest absolute Gasteiger partial charge is 0.396 e. The Bertz CT molecular complexity index is 456. The molecule has 2 rings (SSSR count). The maximum absolute atomic E-state index is 8.85. The molecule has 0 heterocycles. The second kappa shape index (κ2) is 7.17. The summed E-state index contributed by atoms with van der Waals surface area (Å²) in [6, 6.07) is 18.4. The summed E-state index contributed by atoms with van der Waals surface area (Å²) in [4.78, 5) is 0. The van der Waals surface area contributed by atoms with Gasteiger partial charge >= 0.3 is 0 Å². The zero-order valence-corrected chi connectivity index (χ0v) is 10.9. The second-order valence-corrected chi connectivity index (χ2v) is 4.11. The summed E-state index contributed by atoms with van der Waals surface area (Å²) >= 11 is 0. The Morgan fingerprint density at radius 1 is 0.889 bits per heavy atom. The Labute approximate surface area is 114 Å². The molecule has 0 fully saturated rings. The number of aliphatic hydroxyl groups is 1. The normalized spacial score (nSPS) is 11.7. The molecule has 96 valence electrons. The van der Waals surface area contributed by atoms with Gasteiger partial charge in [0.25, 0.3) is 0 Å². The van der Waals surface area contributed by atoms with Crippen molar-refractivity contribution in [3.63, 3.8) is 0 Å². The first-order valence-corrected chi connectivity index (χ1v) is 5.83. The molecule has 0 radical (unpaired) electrons. The number of hydrogen-bond donors (Lipinski definition) is 2. The van der Waals surface area contributed by atoms with E-state index in [0.717, 1.165) is 5.56 Å². The van der Waals surface area contributed by atoms with Crippen LogP contribution >= 0.6 is 12.4 Å². The molecule has 0 saturated carbocycles. The highest BCUT2D eigenvalue weighted by Gasteiger charge is 2.05. The number of halogens is 1. The van der Waals surface area contributed by atoms with Crippen molar-refractivity contribution in [1.82, 2.24) is 0 Å². The highest BCUT2D eigenvalue weighted by molar-refractivity contribution is 5.85. The molecule has 0 bridgehead atoms. The van der Waals surface area contributed by atoms with Crippen LogP contribution < -0.4 is 5.73 Å². The van der Waals surface area contributed by atoms with Crippen LogP contribution in [-0.4, -0.2) is 11.7 Å². The van der Waals surface area contributed by atoms with E-state index in [1.807, 2.05) is 30.3 Å². The highest BCUT2D eigenvalue weighted by atomic mass is 35.5. The third kappa shape index (κ3) is 3.57. The number of benzene rings is 2. The first kappa shape index (κ1) is 14.7. The van der Waals surface area contributed by atoms with E-state index in [9.17, 15) is 0 Å². The molecule has 2 aromatic carbocycles. The molecule has 18 heavy (non-hydrogen) atoms. The molecule has 1 unspecified atom stereocenters. The van der Waals surface area contributed by atoms with Crippen LogP contribution in [0.25, 0.3) is 11.1 Å². The quantitative estimate of drug-likeness (QED) is 0.890. The molecule has 2 aromatic rings. The summed E-state index contributed by atoms with van der Waals surface area (Å²) in [5.74, 6) is 0. The molecule has 2 nitrogen and oxygen atoms in total.